The van der Waals surface area contributed by atoms with Crippen molar-refractivity contribution in [2.24, 2.45) is 5.10 Å². The summed E-state index contributed by atoms with van der Waals surface area (Å²) in [6.45, 7) is 1.37. The van der Waals surface area contributed by atoms with E-state index in [0.29, 0.717) is 11.3 Å². The summed E-state index contributed by atoms with van der Waals surface area (Å²) >= 11 is 0. The number of carboxylic acids is 1. The minimum Gasteiger partial charge on any atom is -0.546 e. The van der Waals surface area contributed by atoms with Gasteiger partial charge in [0.15, 0.2) is 0 Å². The van der Waals surface area contributed by atoms with Gasteiger partial charge in [0, 0.05) is 0 Å². The van der Waals surface area contributed by atoms with Gasteiger partial charge < -0.3 is 14.6 Å². The zero-order valence-electron chi connectivity index (χ0n) is 14.9. The van der Waals surface area contributed by atoms with Gasteiger partial charge in [-0.3, -0.25) is 0 Å². The third kappa shape index (κ3) is 4.66. The van der Waals surface area contributed by atoms with Crippen LogP contribution in [0.2, 0.25) is 0 Å². The van der Waals surface area contributed by atoms with Gasteiger partial charge in [-0.2, -0.15) is 13.5 Å². The Kier molecular flexibility index (Phi) is 5.60. The Balaban J connectivity index is 1.68. The molecule has 0 aliphatic heterocycles. The standard InChI is InChI=1S/C20H18N2O5S/c1-14(20(23)24)27-18-9-6-15(7-10-18)13-21-22-28(25,26)19-11-8-16-4-2-3-5-17(16)12-19/h2-14,22H,1H3,(H,23,24)/p-1/b21-13+/t14-/m0/s1. The van der Waals surface area contributed by atoms with Crippen molar-refractivity contribution in [1.82, 2.24) is 4.83 Å². The van der Waals surface area contributed by atoms with Crippen LogP contribution in [0, 0.1) is 0 Å². The maximum atomic E-state index is 12.4. The van der Waals surface area contributed by atoms with E-state index >= 15 is 0 Å². The summed E-state index contributed by atoms with van der Waals surface area (Å²) in [7, 11) is -3.80. The van der Waals surface area contributed by atoms with Crippen LogP contribution in [0.25, 0.3) is 10.8 Å². The summed E-state index contributed by atoms with van der Waals surface area (Å²) in [4.78, 5) is 13.0. The van der Waals surface area contributed by atoms with Crippen LogP contribution < -0.4 is 14.7 Å². The van der Waals surface area contributed by atoms with Crippen LogP contribution in [-0.2, 0) is 14.8 Å². The van der Waals surface area contributed by atoms with Crippen molar-refractivity contribution in [3.05, 3.63) is 72.3 Å². The van der Waals surface area contributed by atoms with Gasteiger partial charge in [0.25, 0.3) is 10.0 Å². The Morgan fingerprint density at radius 3 is 2.43 bits per heavy atom. The highest BCUT2D eigenvalue weighted by atomic mass is 32.2. The van der Waals surface area contributed by atoms with Crippen LogP contribution in [0.15, 0.2) is 76.7 Å². The van der Waals surface area contributed by atoms with E-state index in [-0.39, 0.29) is 4.90 Å². The number of rotatable bonds is 7. The molecule has 0 radical (unpaired) electrons. The Morgan fingerprint density at radius 2 is 1.75 bits per heavy atom. The molecule has 28 heavy (non-hydrogen) atoms. The minimum absolute atomic E-state index is 0.114. The van der Waals surface area contributed by atoms with Gasteiger partial charge in [-0.05, 0) is 59.7 Å². The number of fused-ring (bicyclic) bond motifs is 1. The minimum atomic E-state index is -3.80. The Bertz CT molecular complexity index is 1120. The number of carbonyl (C=O) groups excluding carboxylic acids is 1. The van der Waals surface area contributed by atoms with Gasteiger partial charge in [0.2, 0.25) is 0 Å². The third-order valence-electron chi connectivity index (χ3n) is 3.94. The number of nitrogens with zero attached hydrogens (tertiary/aromatic N) is 1. The number of carbonyl (C=O) groups is 1. The first-order chi connectivity index (χ1) is 13.3. The molecule has 0 amide bonds. The molecule has 1 N–H and O–H groups in total. The SMILES string of the molecule is C[C@H](Oc1ccc(/C=N/NS(=O)(=O)c2ccc3ccccc3c2)cc1)C(=O)[O-]. The normalized spacial score (nSPS) is 12.8. The molecule has 7 nitrogen and oxygen atoms in total. The molecular weight excluding hydrogens is 380 g/mol. The number of aliphatic carboxylic acids is 1. The Hall–Kier alpha value is -3.39. The summed E-state index contributed by atoms with van der Waals surface area (Å²) in [6.07, 6.45) is 0.262. The van der Waals surface area contributed by atoms with E-state index in [1.54, 1.807) is 36.4 Å². The second-order valence-electron chi connectivity index (χ2n) is 6.01. The molecule has 3 rings (SSSR count). The topological polar surface area (TPSA) is 108 Å². The molecule has 3 aromatic rings. The molecule has 144 valence electrons. The number of hydrogen-bond acceptors (Lipinski definition) is 6. The molecule has 1 atom stereocenters. The fourth-order valence-corrected chi connectivity index (χ4v) is 3.27. The summed E-state index contributed by atoms with van der Waals surface area (Å²) in [5, 5.41) is 16.2. The molecule has 8 heteroatoms. The van der Waals surface area contributed by atoms with Gasteiger partial charge in [0.1, 0.15) is 11.9 Å². The highest BCUT2D eigenvalue weighted by molar-refractivity contribution is 7.89. The Labute approximate surface area is 162 Å². The van der Waals surface area contributed by atoms with Crippen molar-refractivity contribution in [1.29, 1.82) is 0 Å². The van der Waals surface area contributed by atoms with E-state index in [1.807, 2.05) is 24.3 Å². The largest absolute Gasteiger partial charge is 0.546 e. The van der Waals surface area contributed by atoms with E-state index < -0.39 is 22.1 Å². The maximum absolute atomic E-state index is 12.4. The van der Waals surface area contributed by atoms with Gasteiger partial charge in [-0.25, -0.2) is 4.83 Å². The van der Waals surface area contributed by atoms with E-state index in [9.17, 15) is 18.3 Å². The lowest BCUT2D eigenvalue weighted by Crippen LogP contribution is -2.37. The average Bonchev–Trinajstić information content (AvgIpc) is 2.68. The predicted molar refractivity (Wildman–Crippen MR) is 103 cm³/mol. The molecule has 3 aromatic carbocycles. The van der Waals surface area contributed by atoms with Gasteiger partial charge in [-0.15, -0.1) is 0 Å². The van der Waals surface area contributed by atoms with Crippen molar-refractivity contribution in [3.63, 3.8) is 0 Å². The second kappa shape index (κ2) is 8.10. The molecule has 0 fully saturated rings. The number of benzene rings is 3. The van der Waals surface area contributed by atoms with E-state index in [2.05, 4.69) is 9.93 Å². The quantitative estimate of drug-likeness (QED) is 0.482. The lowest BCUT2D eigenvalue weighted by atomic mass is 10.1. The number of carboxylic acid groups (broad SMARTS) is 1. The van der Waals surface area contributed by atoms with Crippen molar-refractivity contribution >= 4 is 33.0 Å². The van der Waals surface area contributed by atoms with E-state index in [4.69, 9.17) is 4.74 Å². The van der Waals surface area contributed by atoms with Crippen LogP contribution >= 0.6 is 0 Å². The molecule has 0 unspecified atom stereocenters. The first-order valence-electron chi connectivity index (χ1n) is 8.36. The number of hydrogen-bond donors (Lipinski definition) is 1. The summed E-state index contributed by atoms with van der Waals surface area (Å²) in [5.41, 5.74) is 0.606. The molecular formula is C20H17N2O5S-. The van der Waals surface area contributed by atoms with E-state index in [1.165, 1.54) is 19.2 Å². The van der Waals surface area contributed by atoms with Crippen LogP contribution in [0.3, 0.4) is 0 Å². The molecule has 0 spiro atoms. The van der Waals surface area contributed by atoms with Gasteiger partial charge in [-0.1, -0.05) is 30.3 Å². The van der Waals surface area contributed by atoms with Crippen molar-refractivity contribution < 1.29 is 23.1 Å². The average molecular weight is 397 g/mol. The zero-order chi connectivity index (χ0) is 20.1. The molecule has 0 aliphatic carbocycles. The first-order valence-corrected chi connectivity index (χ1v) is 9.85. The molecule has 0 aliphatic rings. The van der Waals surface area contributed by atoms with Crippen LogP contribution in [0.1, 0.15) is 12.5 Å². The van der Waals surface area contributed by atoms with Crippen molar-refractivity contribution in [3.8, 4) is 5.75 Å². The van der Waals surface area contributed by atoms with Gasteiger partial charge in [0.05, 0.1) is 17.1 Å². The number of hydrazone groups is 1. The van der Waals surface area contributed by atoms with Crippen molar-refractivity contribution in [2.75, 3.05) is 0 Å². The number of nitrogens with one attached hydrogen (secondary N) is 1. The molecule has 0 bridgehead atoms. The van der Waals surface area contributed by atoms with Gasteiger partial charge >= 0.3 is 0 Å². The summed E-state index contributed by atoms with van der Waals surface area (Å²) in [6, 6.07) is 18.6. The molecule has 0 heterocycles. The number of sulfonamides is 1. The lowest BCUT2D eigenvalue weighted by Gasteiger charge is -2.15. The van der Waals surface area contributed by atoms with Crippen molar-refractivity contribution in [2.45, 2.75) is 17.9 Å². The number of ether oxygens (including phenoxy) is 1. The first kappa shape index (κ1) is 19.4. The van der Waals surface area contributed by atoms with Crippen LogP contribution in [-0.4, -0.2) is 26.7 Å². The zero-order valence-corrected chi connectivity index (χ0v) is 15.7. The Morgan fingerprint density at radius 1 is 1.07 bits per heavy atom. The third-order valence-corrected chi connectivity index (χ3v) is 5.16. The second-order valence-corrected chi connectivity index (χ2v) is 7.67. The van der Waals surface area contributed by atoms with Crippen LogP contribution in [0.4, 0.5) is 0 Å². The van der Waals surface area contributed by atoms with E-state index in [0.717, 1.165) is 10.8 Å². The summed E-state index contributed by atoms with van der Waals surface area (Å²) in [5.74, 6) is -0.959. The molecule has 0 saturated carbocycles. The van der Waals surface area contributed by atoms with Crippen LogP contribution in [0.5, 0.6) is 5.75 Å². The fourth-order valence-electron chi connectivity index (χ4n) is 2.44. The molecule has 0 aromatic heterocycles. The smallest absolute Gasteiger partial charge is 0.276 e. The molecule has 0 saturated heterocycles. The monoisotopic (exact) mass is 397 g/mol. The highest BCUT2D eigenvalue weighted by Crippen LogP contribution is 2.19. The maximum Gasteiger partial charge on any atom is 0.276 e. The predicted octanol–water partition coefficient (Wildman–Crippen LogP) is 1.67. The summed E-state index contributed by atoms with van der Waals surface area (Å²) < 4.78 is 30.0. The lowest BCUT2D eigenvalue weighted by molar-refractivity contribution is -0.312. The fraction of sp³-hybridized carbons (Fsp3) is 0.100. The highest BCUT2D eigenvalue weighted by Gasteiger charge is 2.13.